The second-order valence-corrected chi connectivity index (χ2v) is 9.52. The molecule has 2 fully saturated rings. The fourth-order valence-corrected chi connectivity index (χ4v) is 4.88. The van der Waals surface area contributed by atoms with Crippen LogP contribution in [0.25, 0.3) is 10.9 Å². The quantitative estimate of drug-likeness (QED) is 0.575. The Morgan fingerprint density at radius 2 is 1.94 bits per heavy atom. The molecule has 0 unspecified atom stereocenters. The Bertz CT molecular complexity index is 1350. The monoisotopic (exact) mass is 486 g/mol. The summed E-state index contributed by atoms with van der Waals surface area (Å²) in [5.41, 5.74) is -0.231. The Hall–Kier alpha value is -3.40. The highest BCUT2D eigenvalue weighted by Crippen LogP contribution is 2.39. The Morgan fingerprint density at radius 3 is 2.54 bits per heavy atom. The molecule has 35 heavy (non-hydrogen) atoms. The molecule has 2 aliphatic heterocycles. The molecule has 3 heterocycles. The zero-order chi connectivity index (χ0) is 25.0. The van der Waals surface area contributed by atoms with Gasteiger partial charge in [-0.3, -0.25) is 9.59 Å². The lowest BCUT2D eigenvalue weighted by molar-refractivity contribution is -0.138. The van der Waals surface area contributed by atoms with Gasteiger partial charge in [-0.25, -0.2) is 4.98 Å². The number of likely N-dealkylation sites (tertiary alicyclic amines) is 1. The predicted molar refractivity (Wildman–Crippen MR) is 124 cm³/mol. The molecule has 0 bridgehead atoms. The third kappa shape index (κ3) is 4.38. The second kappa shape index (κ2) is 8.37. The second-order valence-electron chi connectivity index (χ2n) is 9.52. The van der Waals surface area contributed by atoms with Gasteiger partial charge in [0.1, 0.15) is 5.82 Å². The van der Waals surface area contributed by atoms with Crippen LogP contribution in [-0.4, -0.2) is 47.1 Å². The third-order valence-electron chi connectivity index (χ3n) is 6.82. The van der Waals surface area contributed by atoms with Gasteiger partial charge in [0.15, 0.2) is 0 Å². The van der Waals surface area contributed by atoms with Crippen LogP contribution in [0.3, 0.4) is 0 Å². The molecule has 1 amide bonds. The summed E-state index contributed by atoms with van der Waals surface area (Å²) in [6.07, 6.45) is -3.69. The molecular formula is C25H25F3N4O3. The van der Waals surface area contributed by atoms with Crippen molar-refractivity contribution in [3.8, 4) is 0 Å². The molecule has 7 nitrogen and oxygen atoms in total. The number of benzene rings is 2. The smallest absolute Gasteiger partial charge is 0.380 e. The largest absolute Gasteiger partial charge is 0.416 e. The van der Waals surface area contributed by atoms with Crippen LogP contribution in [0.1, 0.15) is 46.7 Å². The average molecular weight is 486 g/mol. The number of anilines is 1. The zero-order valence-corrected chi connectivity index (χ0v) is 19.3. The summed E-state index contributed by atoms with van der Waals surface area (Å²) in [6, 6.07) is 8.08. The number of rotatable bonds is 4. The Labute approximate surface area is 199 Å². The predicted octanol–water partition coefficient (Wildman–Crippen LogP) is 4.29. The highest BCUT2D eigenvalue weighted by atomic mass is 19.4. The molecule has 1 spiro atoms. The summed E-state index contributed by atoms with van der Waals surface area (Å²) in [5, 5.41) is 3.15. The van der Waals surface area contributed by atoms with Crippen molar-refractivity contribution in [1.29, 1.82) is 0 Å². The molecule has 3 aromatic rings. The van der Waals surface area contributed by atoms with Crippen molar-refractivity contribution in [2.45, 2.75) is 32.5 Å². The van der Waals surface area contributed by atoms with E-state index in [4.69, 9.17) is 4.74 Å². The molecular weight excluding hydrogens is 461 g/mol. The number of aryl methyl sites for hydroxylation is 1. The molecule has 0 saturated carbocycles. The fourth-order valence-electron chi connectivity index (χ4n) is 4.88. The van der Waals surface area contributed by atoms with Gasteiger partial charge < -0.3 is 19.9 Å². The lowest BCUT2D eigenvalue weighted by Gasteiger charge is -2.37. The summed E-state index contributed by atoms with van der Waals surface area (Å²) in [7, 11) is 0. The third-order valence-corrected chi connectivity index (χ3v) is 6.82. The van der Waals surface area contributed by atoms with E-state index in [0.29, 0.717) is 37.6 Å². The Balaban J connectivity index is 1.37. The van der Waals surface area contributed by atoms with Crippen molar-refractivity contribution in [2.24, 2.45) is 5.41 Å². The van der Waals surface area contributed by atoms with Crippen LogP contribution >= 0.6 is 0 Å². The summed E-state index contributed by atoms with van der Waals surface area (Å²) >= 11 is 0. The van der Waals surface area contributed by atoms with Crippen molar-refractivity contribution in [3.05, 3.63) is 69.3 Å². The van der Waals surface area contributed by atoms with Crippen molar-refractivity contribution in [3.63, 3.8) is 0 Å². The summed E-state index contributed by atoms with van der Waals surface area (Å²) in [4.78, 5) is 33.6. The molecule has 5 rings (SSSR count). The number of fused-ring (bicyclic) bond motifs is 1. The van der Waals surface area contributed by atoms with Crippen LogP contribution in [0.2, 0.25) is 0 Å². The lowest BCUT2D eigenvalue weighted by atomic mass is 9.85. The van der Waals surface area contributed by atoms with Crippen LogP contribution < -0.4 is 10.9 Å². The number of nitrogens with one attached hydrogen (secondary N) is 2. The molecule has 10 heteroatoms. The van der Waals surface area contributed by atoms with E-state index in [1.165, 1.54) is 13.0 Å². The van der Waals surface area contributed by atoms with Crippen LogP contribution in [0.4, 0.5) is 18.9 Å². The van der Waals surface area contributed by atoms with Gasteiger partial charge in [0.25, 0.3) is 11.5 Å². The van der Waals surface area contributed by atoms with E-state index in [-0.39, 0.29) is 33.6 Å². The molecule has 0 radical (unpaired) electrons. The lowest BCUT2D eigenvalue weighted by Crippen LogP contribution is -2.45. The van der Waals surface area contributed by atoms with Crippen molar-refractivity contribution in [2.75, 3.05) is 31.6 Å². The molecule has 1 aromatic heterocycles. The average Bonchev–Trinajstić information content (AvgIpc) is 3.24. The fraction of sp³-hybridized carbons (Fsp3) is 0.400. The van der Waals surface area contributed by atoms with E-state index in [1.54, 1.807) is 31.2 Å². The number of hydrogen-bond donors (Lipinski definition) is 2. The zero-order valence-electron chi connectivity index (χ0n) is 19.3. The number of ether oxygens (including phenoxy) is 1. The number of aromatic amines is 1. The number of amides is 1. The minimum absolute atomic E-state index is 0.00505. The maximum absolute atomic E-state index is 13.9. The van der Waals surface area contributed by atoms with Gasteiger partial charge in [-0.1, -0.05) is 0 Å². The first kappa shape index (κ1) is 23.3. The number of H-pyrrole nitrogens is 1. The molecule has 2 N–H and O–H groups in total. The summed E-state index contributed by atoms with van der Waals surface area (Å²) in [6.45, 7) is 5.86. The number of nitrogens with zero attached hydrogens (tertiary/aromatic N) is 2. The minimum atomic E-state index is -4.62. The van der Waals surface area contributed by atoms with E-state index in [1.807, 2.05) is 4.90 Å². The van der Waals surface area contributed by atoms with E-state index in [0.717, 1.165) is 12.5 Å². The Morgan fingerprint density at radius 1 is 1.23 bits per heavy atom. The standard InChI is InChI=1S/C25H25F3N4O3/c1-14(18-9-19-21(10-20(18)25(26,27)28)30-15(2)31-22(19)33)29-17-5-3-16(4-6-17)23(34)32-8-7-24(11-32)12-35-13-24/h3-6,9-10,14,29H,7-8,11-13H2,1-2H3,(H,30,31,33)/t14-/m0/s1. The number of aromatic nitrogens is 2. The van der Waals surface area contributed by atoms with Crippen LogP contribution in [0.5, 0.6) is 0 Å². The maximum atomic E-state index is 13.9. The molecule has 184 valence electrons. The van der Waals surface area contributed by atoms with E-state index in [2.05, 4.69) is 15.3 Å². The first-order valence-electron chi connectivity index (χ1n) is 11.4. The van der Waals surface area contributed by atoms with E-state index >= 15 is 0 Å². The number of carbonyl (C=O) groups is 1. The number of carbonyl (C=O) groups excluding carboxylic acids is 1. The molecule has 1 atom stereocenters. The summed E-state index contributed by atoms with van der Waals surface area (Å²) < 4.78 is 46.9. The normalized spacial score (nSPS) is 18.0. The number of halogens is 3. The van der Waals surface area contributed by atoms with Gasteiger partial charge in [0, 0.05) is 35.8 Å². The highest BCUT2D eigenvalue weighted by molar-refractivity contribution is 5.94. The highest BCUT2D eigenvalue weighted by Gasteiger charge is 2.45. The maximum Gasteiger partial charge on any atom is 0.416 e. The SMILES string of the molecule is Cc1nc2cc(C(F)(F)F)c([C@H](C)Nc3ccc(C(=O)N4CCC5(COC5)C4)cc3)cc2c(=O)[nH]1. The Kier molecular flexibility index (Phi) is 5.58. The van der Waals surface area contributed by atoms with Crippen molar-refractivity contribution in [1.82, 2.24) is 14.9 Å². The van der Waals surface area contributed by atoms with Crippen LogP contribution in [0.15, 0.2) is 41.2 Å². The topological polar surface area (TPSA) is 87.3 Å². The molecule has 2 aliphatic rings. The van der Waals surface area contributed by atoms with Crippen LogP contribution in [0, 0.1) is 12.3 Å². The van der Waals surface area contributed by atoms with Gasteiger partial charge in [0.05, 0.1) is 29.7 Å². The summed E-state index contributed by atoms with van der Waals surface area (Å²) in [5.74, 6) is 0.179. The van der Waals surface area contributed by atoms with E-state index < -0.39 is 23.3 Å². The molecule has 0 aliphatic carbocycles. The number of alkyl halides is 3. The van der Waals surface area contributed by atoms with Crippen LogP contribution in [-0.2, 0) is 10.9 Å². The number of hydrogen-bond acceptors (Lipinski definition) is 5. The van der Waals surface area contributed by atoms with Gasteiger partial charge in [-0.05, 0) is 62.2 Å². The van der Waals surface area contributed by atoms with Gasteiger partial charge >= 0.3 is 6.18 Å². The first-order valence-corrected chi connectivity index (χ1v) is 11.4. The van der Waals surface area contributed by atoms with Gasteiger partial charge in [0.2, 0.25) is 0 Å². The van der Waals surface area contributed by atoms with E-state index in [9.17, 15) is 22.8 Å². The van der Waals surface area contributed by atoms with Crippen molar-refractivity contribution < 1.29 is 22.7 Å². The van der Waals surface area contributed by atoms with Gasteiger partial charge in [-0.15, -0.1) is 0 Å². The van der Waals surface area contributed by atoms with Crippen molar-refractivity contribution >= 4 is 22.5 Å². The minimum Gasteiger partial charge on any atom is -0.380 e. The van der Waals surface area contributed by atoms with Gasteiger partial charge in [-0.2, -0.15) is 13.2 Å². The molecule has 2 saturated heterocycles. The molecule has 2 aromatic carbocycles. The first-order chi connectivity index (χ1) is 16.5.